The maximum Gasteiger partial charge on any atom is 0.120 e. The van der Waals surface area contributed by atoms with Crippen LogP contribution in [0.3, 0.4) is 0 Å². The van der Waals surface area contributed by atoms with Crippen LogP contribution in [-0.2, 0) is 4.74 Å². The first-order chi connectivity index (χ1) is 7.91. The highest BCUT2D eigenvalue weighted by Crippen LogP contribution is 2.26. The molecule has 0 bridgehead atoms. The zero-order chi connectivity index (χ0) is 13.0. The van der Waals surface area contributed by atoms with Crippen molar-refractivity contribution in [3.05, 3.63) is 0 Å². The highest BCUT2D eigenvalue weighted by Gasteiger charge is 2.28. The van der Waals surface area contributed by atoms with E-state index in [-0.39, 0.29) is 11.9 Å². The van der Waals surface area contributed by atoms with E-state index in [0.717, 1.165) is 24.9 Å². The van der Waals surface area contributed by atoms with Crippen LogP contribution < -0.4 is 5.73 Å². The van der Waals surface area contributed by atoms with Crippen LogP contribution in [0.25, 0.3) is 0 Å². The van der Waals surface area contributed by atoms with Crippen LogP contribution in [0.4, 0.5) is 0 Å². The minimum atomic E-state index is -0.259. The number of hydrogen-bond acceptors (Lipinski definition) is 3. The summed E-state index contributed by atoms with van der Waals surface area (Å²) in [6.07, 6.45) is 1.06. The van der Waals surface area contributed by atoms with Gasteiger partial charge in [0, 0.05) is 19.1 Å². The molecule has 4 heteroatoms. The van der Waals surface area contributed by atoms with Crippen LogP contribution >= 0.6 is 0 Å². The van der Waals surface area contributed by atoms with Crippen molar-refractivity contribution in [1.82, 2.24) is 4.90 Å². The van der Waals surface area contributed by atoms with Gasteiger partial charge in [-0.1, -0.05) is 13.8 Å². The third-order valence-corrected chi connectivity index (χ3v) is 3.90. The molecule has 1 fully saturated rings. The lowest BCUT2D eigenvalue weighted by Gasteiger charge is -2.41. The van der Waals surface area contributed by atoms with Gasteiger partial charge in [-0.3, -0.25) is 10.3 Å². The lowest BCUT2D eigenvalue weighted by atomic mass is 9.86. The van der Waals surface area contributed by atoms with Gasteiger partial charge in [0.05, 0.1) is 6.61 Å². The Morgan fingerprint density at radius 2 is 2.12 bits per heavy atom. The number of piperidine rings is 1. The molecule has 0 aromatic heterocycles. The van der Waals surface area contributed by atoms with Gasteiger partial charge < -0.3 is 10.5 Å². The number of ether oxygens (including phenoxy) is 1. The van der Waals surface area contributed by atoms with Crippen LogP contribution in [-0.4, -0.2) is 42.6 Å². The summed E-state index contributed by atoms with van der Waals surface area (Å²) in [5, 5.41) is 7.27. The number of hydrogen-bond donors (Lipinski definition) is 2. The van der Waals surface area contributed by atoms with Gasteiger partial charge in [-0.15, -0.1) is 0 Å². The predicted octanol–water partition coefficient (Wildman–Crippen LogP) is 1.69. The Kier molecular flexibility index (Phi) is 5.40. The normalized spacial score (nSPS) is 32.4. The van der Waals surface area contributed by atoms with Crippen molar-refractivity contribution < 1.29 is 4.74 Å². The topological polar surface area (TPSA) is 62.3 Å². The van der Waals surface area contributed by atoms with Crippen LogP contribution in [0.15, 0.2) is 0 Å². The maximum absolute atomic E-state index is 7.27. The van der Waals surface area contributed by atoms with Crippen LogP contribution in [0.2, 0.25) is 0 Å². The average molecular weight is 241 g/mol. The fraction of sp³-hybridized carbons (Fsp3) is 0.923. The van der Waals surface area contributed by atoms with Gasteiger partial charge in [-0.25, -0.2) is 0 Å². The largest absolute Gasteiger partial charge is 0.385 e. The molecule has 0 aromatic rings. The number of rotatable bonds is 5. The average Bonchev–Trinajstić information content (AvgIpc) is 2.24. The lowest BCUT2D eigenvalue weighted by molar-refractivity contribution is 0.0317. The zero-order valence-electron chi connectivity index (χ0n) is 11.6. The van der Waals surface area contributed by atoms with Crippen molar-refractivity contribution in [2.24, 2.45) is 17.6 Å². The minimum Gasteiger partial charge on any atom is -0.385 e. The number of likely N-dealkylation sites (tertiary alicyclic amines) is 1. The van der Waals surface area contributed by atoms with Gasteiger partial charge in [0.2, 0.25) is 0 Å². The second-order valence-electron chi connectivity index (χ2n) is 5.52. The van der Waals surface area contributed by atoms with Crippen molar-refractivity contribution in [1.29, 1.82) is 5.41 Å². The summed E-state index contributed by atoms with van der Waals surface area (Å²) >= 11 is 0. The molecule has 4 nitrogen and oxygen atoms in total. The van der Waals surface area contributed by atoms with Gasteiger partial charge in [0.15, 0.2) is 0 Å². The summed E-state index contributed by atoms with van der Waals surface area (Å²) in [4.78, 5) is 2.49. The fourth-order valence-electron chi connectivity index (χ4n) is 2.56. The summed E-state index contributed by atoms with van der Waals surface area (Å²) < 4.78 is 5.53. The number of nitrogens with two attached hydrogens (primary N) is 1. The van der Waals surface area contributed by atoms with E-state index >= 15 is 0 Å². The van der Waals surface area contributed by atoms with Crippen molar-refractivity contribution in [3.8, 4) is 0 Å². The Labute approximate surface area is 105 Å². The van der Waals surface area contributed by atoms with Gasteiger partial charge in [0.1, 0.15) is 11.9 Å². The Morgan fingerprint density at radius 3 is 2.71 bits per heavy atom. The Balaban J connectivity index is 2.32. The summed E-state index contributed by atoms with van der Waals surface area (Å²) in [7, 11) is 0. The second-order valence-corrected chi connectivity index (χ2v) is 5.52. The molecule has 100 valence electrons. The van der Waals surface area contributed by atoms with Crippen molar-refractivity contribution >= 4 is 5.84 Å². The van der Waals surface area contributed by atoms with Crippen molar-refractivity contribution in [3.63, 3.8) is 0 Å². The molecule has 1 rings (SSSR count). The smallest absolute Gasteiger partial charge is 0.120 e. The van der Waals surface area contributed by atoms with Crippen molar-refractivity contribution in [2.45, 2.75) is 46.3 Å². The van der Waals surface area contributed by atoms with E-state index in [2.05, 4.69) is 25.7 Å². The molecule has 0 saturated carbocycles. The summed E-state index contributed by atoms with van der Waals surface area (Å²) in [5.74, 6) is 1.63. The summed E-state index contributed by atoms with van der Waals surface area (Å²) in [6.45, 7) is 11.5. The van der Waals surface area contributed by atoms with Gasteiger partial charge in [-0.2, -0.15) is 0 Å². The minimum absolute atomic E-state index is 0.110. The van der Waals surface area contributed by atoms with Crippen LogP contribution in [0, 0.1) is 17.2 Å². The molecule has 0 amide bonds. The quantitative estimate of drug-likeness (QED) is 0.569. The Hall–Kier alpha value is -0.610. The first-order valence-corrected chi connectivity index (χ1v) is 6.61. The summed E-state index contributed by atoms with van der Waals surface area (Å²) in [5.41, 5.74) is 5.37. The Morgan fingerprint density at radius 1 is 1.47 bits per heavy atom. The van der Waals surface area contributed by atoms with Crippen LogP contribution in [0.5, 0.6) is 0 Å². The standard InChI is InChI=1S/C13H27N3O/c1-9-7-10(2)11(3)16(8-9)5-6-17-12(4)13(14)15/h9-12H,5-8H2,1-4H3,(H3,14,15). The van der Waals surface area contributed by atoms with E-state index in [1.807, 2.05) is 6.92 Å². The monoisotopic (exact) mass is 241 g/mol. The van der Waals surface area contributed by atoms with Gasteiger partial charge >= 0.3 is 0 Å². The van der Waals surface area contributed by atoms with Gasteiger partial charge in [-0.05, 0) is 32.1 Å². The number of nitrogens with zero attached hydrogens (tertiary/aromatic N) is 1. The zero-order valence-corrected chi connectivity index (χ0v) is 11.6. The molecule has 0 radical (unpaired) electrons. The molecular weight excluding hydrogens is 214 g/mol. The molecule has 0 aliphatic carbocycles. The van der Waals surface area contributed by atoms with Crippen molar-refractivity contribution in [2.75, 3.05) is 19.7 Å². The van der Waals surface area contributed by atoms with E-state index < -0.39 is 0 Å². The second kappa shape index (κ2) is 6.36. The van der Waals surface area contributed by atoms with E-state index in [0.29, 0.717) is 12.6 Å². The number of amidine groups is 1. The highest BCUT2D eigenvalue weighted by molar-refractivity contribution is 5.81. The molecule has 1 saturated heterocycles. The van der Waals surface area contributed by atoms with E-state index in [4.69, 9.17) is 15.9 Å². The molecular formula is C13H27N3O. The first-order valence-electron chi connectivity index (χ1n) is 6.61. The highest BCUT2D eigenvalue weighted by atomic mass is 16.5. The third kappa shape index (κ3) is 4.28. The molecule has 0 spiro atoms. The number of nitrogens with one attached hydrogen (secondary N) is 1. The van der Waals surface area contributed by atoms with E-state index in [1.165, 1.54) is 6.42 Å². The first kappa shape index (κ1) is 14.5. The molecule has 4 unspecified atom stereocenters. The maximum atomic E-state index is 7.27. The predicted molar refractivity (Wildman–Crippen MR) is 71.3 cm³/mol. The SMILES string of the molecule is CC1CC(C)C(C)N(CCOC(C)C(=N)N)C1. The molecule has 0 aromatic carbocycles. The molecule has 1 aliphatic heterocycles. The molecule has 17 heavy (non-hydrogen) atoms. The molecule has 3 N–H and O–H groups in total. The fourth-order valence-corrected chi connectivity index (χ4v) is 2.56. The summed E-state index contributed by atoms with van der Waals surface area (Å²) in [6, 6.07) is 0.627. The lowest BCUT2D eigenvalue weighted by Crippen LogP contribution is -2.47. The van der Waals surface area contributed by atoms with E-state index in [9.17, 15) is 0 Å². The van der Waals surface area contributed by atoms with E-state index in [1.54, 1.807) is 0 Å². The third-order valence-electron chi connectivity index (χ3n) is 3.90. The van der Waals surface area contributed by atoms with Crippen LogP contribution in [0.1, 0.15) is 34.1 Å². The Bertz CT molecular complexity index is 257. The van der Waals surface area contributed by atoms with Gasteiger partial charge in [0.25, 0.3) is 0 Å². The molecule has 4 atom stereocenters. The molecule has 1 heterocycles. The molecule has 1 aliphatic rings.